The minimum atomic E-state index is -1.16. The largest absolute Gasteiger partial charge is 0.492 e. The van der Waals surface area contributed by atoms with Gasteiger partial charge in [0.1, 0.15) is 17.5 Å². The van der Waals surface area contributed by atoms with E-state index in [4.69, 9.17) is 4.74 Å². The first-order chi connectivity index (χ1) is 11.3. The molecule has 0 aliphatic carbocycles. The van der Waals surface area contributed by atoms with E-state index in [1.807, 2.05) is 0 Å². The Balaban J connectivity index is 2.06. The van der Waals surface area contributed by atoms with Crippen LogP contribution in [-0.4, -0.2) is 23.5 Å². The van der Waals surface area contributed by atoms with Gasteiger partial charge in [-0.25, -0.2) is 4.39 Å². The molecule has 1 atom stereocenters. The van der Waals surface area contributed by atoms with Gasteiger partial charge in [-0.05, 0) is 35.4 Å². The summed E-state index contributed by atoms with van der Waals surface area (Å²) in [5.74, 6) is -2.73. The van der Waals surface area contributed by atoms with Crippen molar-refractivity contribution in [3.05, 3.63) is 53.8 Å². The summed E-state index contributed by atoms with van der Waals surface area (Å²) >= 11 is 0. The summed E-state index contributed by atoms with van der Waals surface area (Å²) < 4.78 is 18.8. The van der Waals surface area contributed by atoms with E-state index in [1.54, 1.807) is 44.2 Å². The minimum Gasteiger partial charge on any atom is -0.492 e. The number of carboxylic acid groups (broad SMARTS) is 1. The molecule has 0 fully saturated rings. The summed E-state index contributed by atoms with van der Waals surface area (Å²) in [7, 11) is 0. The Morgan fingerprint density at radius 2 is 1.79 bits per heavy atom. The second-order valence-electron chi connectivity index (χ2n) is 6.63. The Bertz CT molecular complexity index is 809. The molecule has 0 bridgehead atoms. The minimum absolute atomic E-state index is 0.121. The Morgan fingerprint density at radius 1 is 1.17 bits per heavy atom. The van der Waals surface area contributed by atoms with Crippen molar-refractivity contribution in [2.24, 2.45) is 11.3 Å². The van der Waals surface area contributed by atoms with E-state index in [0.29, 0.717) is 5.75 Å². The van der Waals surface area contributed by atoms with E-state index < -0.39 is 23.1 Å². The maximum absolute atomic E-state index is 13.1. The van der Waals surface area contributed by atoms with Crippen LogP contribution in [-0.2, 0) is 4.79 Å². The van der Waals surface area contributed by atoms with Gasteiger partial charge in [0, 0.05) is 5.41 Å². The molecular weight excluding hydrogens is 311 g/mol. The summed E-state index contributed by atoms with van der Waals surface area (Å²) in [6.45, 7) is 3.53. The molecule has 1 N–H and O–H groups in total. The summed E-state index contributed by atoms with van der Waals surface area (Å²) in [4.78, 5) is 24.2. The zero-order valence-corrected chi connectivity index (χ0v) is 13.4. The van der Waals surface area contributed by atoms with Crippen LogP contribution in [0, 0.1) is 17.2 Å². The maximum atomic E-state index is 13.1. The average molecular weight is 328 g/mol. The van der Waals surface area contributed by atoms with Gasteiger partial charge in [0.05, 0.1) is 12.2 Å². The fourth-order valence-corrected chi connectivity index (χ4v) is 2.97. The van der Waals surface area contributed by atoms with Gasteiger partial charge in [0.15, 0.2) is 5.78 Å². The summed E-state index contributed by atoms with van der Waals surface area (Å²) in [6.07, 6.45) is 0. The third kappa shape index (κ3) is 2.77. The molecule has 24 heavy (non-hydrogen) atoms. The highest BCUT2D eigenvalue weighted by Gasteiger charge is 2.44. The number of carbonyl (C=O) groups excluding carboxylic acids is 1. The van der Waals surface area contributed by atoms with Crippen LogP contribution >= 0.6 is 0 Å². The molecule has 1 heterocycles. The number of hydrogen-bond acceptors (Lipinski definition) is 3. The lowest BCUT2D eigenvalue weighted by molar-refractivity contribution is -0.143. The predicted octanol–water partition coefficient (Wildman–Crippen LogP) is 3.79. The van der Waals surface area contributed by atoms with Crippen LogP contribution in [0.5, 0.6) is 5.75 Å². The number of carbonyl (C=O) groups is 2. The molecule has 0 saturated heterocycles. The quantitative estimate of drug-likeness (QED) is 0.852. The van der Waals surface area contributed by atoms with E-state index in [0.717, 1.165) is 11.1 Å². The molecule has 4 nitrogen and oxygen atoms in total. The standard InChI is InChI=1S/C19H17FO4/c1-19(2)10-24-15-9-12(11-3-6-13(20)7-4-11)5-8-14(15)17(21)16(19)18(22)23/h3-9,16H,10H2,1-2H3,(H,22,23). The van der Waals surface area contributed by atoms with Gasteiger partial charge >= 0.3 is 5.97 Å². The van der Waals surface area contributed by atoms with E-state index in [1.165, 1.54) is 12.1 Å². The zero-order chi connectivity index (χ0) is 17.5. The monoisotopic (exact) mass is 328 g/mol. The number of aliphatic carboxylic acids is 1. The molecule has 0 spiro atoms. The summed E-state index contributed by atoms with van der Waals surface area (Å²) in [5.41, 5.74) is 0.998. The molecule has 0 radical (unpaired) electrons. The lowest BCUT2D eigenvalue weighted by Crippen LogP contribution is -2.39. The van der Waals surface area contributed by atoms with Crippen LogP contribution < -0.4 is 4.74 Å². The molecule has 3 rings (SSSR count). The van der Waals surface area contributed by atoms with Crippen molar-refractivity contribution >= 4 is 11.8 Å². The smallest absolute Gasteiger partial charge is 0.315 e. The number of halogens is 1. The van der Waals surface area contributed by atoms with E-state index in [9.17, 15) is 19.1 Å². The first kappa shape index (κ1) is 16.2. The van der Waals surface area contributed by atoms with E-state index in [-0.39, 0.29) is 18.0 Å². The molecule has 2 aromatic carbocycles. The highest BCUT2D eigenvalue weighted by atomic mass is 19.1. The van der Waals surface area contributed by atoms with Gasteiger partial charge < -0.3 is 9.84 Å². The van der Waals surface area contributed by atoms with Crippen molar-refractivity contribution in [1.29, 1.82) is 0 Å². The average Bonchev–Trinajstić information content (AvgIpc) is 2.62. The molecular formula is C19H17FO4. The number of rotatable bonds is 2. The summed E-state index contributed by atoms with van der Waals surface area (Å²) in [5, 5.41) is 9.44. The van der Waals surface area contributed by atoms with Crippen LogP contribution in [0.25, 0.3) is 11.1 Å². The number of fused-ring (bicyclic) bond motifs is 1. The van der Waals surface area contributed by atoms with Gasteiger partial charge in [-0.3, -0.25) is 9.59 Å². The Morgan fingerprint density at radius 3 is 2.42 bits per heavy atom. The second-order valence-corrected chi connectivity index (χ2v) is 6.63. The molecule has 2 aromatic rings. The number of Topliss-reactive ketones (excluding diaryl/α,β-unsaturated/α-hetero) is 1. The number of ketones is 1. The van der Waals surface area contributed by atoms with Crippen LogP contribution in [0.1, 0.15) is 24.2 Å². The molecule has 1 aliphatic rings. The van der Waals surface area contributed by atoms with Gasteiger partial charge in [-0.15, -0.1) is 0 Å². The SMILES string of the molecule is CC1(C)COc2cc(-c3ccc(F)cc3)ccc2C(=O)C1C(=O)O. The molecule has 124 valence electrons. The van der Waals surface area contributed by atoms with Gasteiger partial charge in [0.25, 0.3) is 0 Å². The van der Waals surface area contributed by atoms with Gasteiger partial charge in [-0.2, -0.15) is 0 Å². The highest BCUT2D eigenvalue weighted by Crippen LogP contribution is 2.38. The first-order valence-corrected chi connectivity index (χ1v) is 7.59. The molecule has 1 unspecified atom stereocenters. The first-order valence-electron chi connectivity index (χ1n) is 7.59. The topological polar surface area (TPSA) is 63.6 Å². The van der Waals surface area contributed by atoms with Crippen LogP contribution in [0.4, 0.5) is 4.39 Å². The molecule has 0 amide bonds. The third-order valence-electron chi connectivity index (χ3n) is 4.31. The van der Waals surface area contributed by atoms with E-state index >= 15 is 0 Å². The lowest BCUT2D eigenvalue weighted by atomic mass is 9.76. The van der Waals surface area contributed by atoms with E-state index in [2.05, 4.69) is 0 Å². The zero-order valence-electron chi connectivity index (χ0n) is 13.4. The number of carboxylic acids is 1. The fraction of sp³-hybridized carbons (Fsp3) is 0.263. The Hall–Kier alpha value is -2.69. The van der Waals surface area contributed by atoms with Gasteiger partial charge in [0.2, 0.25) is 0 Å². The van der Waals surface area contributed by atoms with Crippen LogP contribution in [0.3, 0.4) is 0 Å². The molecule has 0 aromatic heterocycles. The molecule has 0 saturated carbocycles. The van der Waals surface area contributed by atoms with Crippen LogP contribution in [0.2, 0.25) is 0 Å². The maximum Gasteiger partial charge on any atom is 0.315 e. The highest BCUT2D eigenvalue weighted by molar-refractivity contribution is 6.10. The van der Waals surface area contributed by atoms with Crippen LogP contribution in [0.15, 0.2) is 42.5 Å². The van der Waals surface area contributed by atoms with Gasteiger partial charge in [-0.1, -0.05) is 32.0 Å². The summed E-state index contributed by atoms with van der Waals surface area (Å²) in [6, 6.07) is 11.0. The fourth-order valence-electron chi connectivity index (χ4n) is 2.97. The Kier molecular flexibility index (Phi) is 3.87. The Labute approximate surface area is 138 Å². The van der Waals surface area contributed by atoms with Crippen molar-refractivity contribution in [2.75, 3.05) is 6.61 Å². The third-order valence-corrected chi connectivity index (χ3v) is 4.31. The molecule has 1 aliphatic heterocycles. The van der Waals surface area contributed by atoms with Crippen molar-refractivity contribution in [3.63, 3.8) is 0 Å². The van der Waals surface area contributed by atoms with Crippen molar-refractivity contribution < 1.29 is 23.8 Å². The normalized spacial score (nSPS) is 19.1. The molecule has 5 heteroatoms. The van der Waals surface area contributed by atoms with Crippen molar-refractivity contribution in [3.8, 4) is 16.9 Å². The lowest BCUT2D eigenvalue weighted by Gasteiger charge is -2.26. The second kappa shape index (κ2) is 5.74. The number of hydrogen-bond donors (Lipinski definition) is 1. The number of ether oxygens (including phenoxy) is 1. The van der Waals surface area contributed by atoms with Crippen molar-refractivity contribution in [1.82, 2.24) is 0 Å². The predicted molar refractivity (Wildman–Crippen MR) is 86.6 cm³/mol. The number of benzene rings is 2. The van der Waals surface area contributed by atoms with Crippen molar-refractivity contribution in [2.45, 2.75) is 13.8 Å².